The molecule has 0 aliphatic heterocycles. The third-order valence-corrected chi connectivity index (χ3v) is 3.18. The molecule has 1 aromatic rings. The molecule has 0 aliphatic carbocycles. The summed E-state index contributed by atoms with van der Waals surface area (Å²) in [6.45, 7) is 6.08. The third-order valence-electron chi connectivity index (χ3n) is 2.32. The number of carbonyl (C=O) groups excluding carboxylic acids is 1. The molecule has 0 atom stereocenters. The second-order valence-corrected chi connectivity index (χ2v) is 5.10. The number of alkyl halides is 2. The molecule has 0 spiro atoms. The number of hydrogen-bond donors (Lipinski definition) is 0. The van der Waals surface area contributed by atoms with Crippen LogP contribution in [-0.4, -0.2) is 21.7 Å². The SMILES string of the molecule is C=CCN(Cc1ccco1)C(=O)C(Cl)(Cl)CC. The second-order valence-electron chi connectivity index (χ2n) is 3.61. The zero-order chi connectivity index (χ0) is 12.9. The predicted octanol–water partition coefficient (Wildman–Crippen LogP) is 3.38. The summed E-state index contributed by atoms with van der Waals surface area (Å²) in [6, 6.07) is 3.56. The van der Waals surface area contributed by atoms with Crippen molar-refractivity contribution in [2.24, 2.45) is 0 Å². The molecule has 0 bridgehead atoms. The van der Waals surface area contributed by atoms with Crippen LogP contribution < -0.4 is 0 Å². The number of nitrogens with zero attached hydrogens (tertiary/aromatic N) is 1. The molecule has 17 heavy (non-hydrogen) atoms. The van der Waals surface area contributed by atoms with Crippen LogP contribution in [-0.2, 0) is 11.3 Å². The van der Waals surface area contributed by atoms with Gasteiger partial charge in [0.2, 0.25) is 0 Å². The zero-order valence-electron chi connectivity index (χ0n) is 9.66. The van der Waals surface area contributed by atoms with Crippen LogP contribution >= 0.6 is 23.2 Å². The summed E-state index contributed by atoms with van der Waals surface area (Å²) in [6.07, 6.45) is 3.53. The molecule has 0 aromatic carbocycles. The molecule has 5 heteroatoms. The van der Waals surface area contributed by atoms with E-state index in [1.165, 1.54) is 4.90 Å². The minimum atomic E-state index is -1.39. The van der Waals surface area contributed by atoms with Crippen molar-refractivity contribution in [3.8, 4) is 0 Å². The van der Waals surface area contributed by atoms with Crippen molar-refractivity contribution < 1.29 is 9.21 Å². The van der Waals surface area contributed by atoms with Crippen LogP contribution in [0, 0.1) is 0 Å². The molecule has 1 amide bonds. The summed E-state index contributed by atoms with van der Waals surface area (Å²) in [5.74, 6) is 0.347. The van der Waals surface area contributed by atoms with E-state index in [0.717, 1.165) is 0 Å². The fraction of sp³-hybridized carbons (Fsp3) is 0.417. The van der Waals surface area contributed by atoms with E-state index in [1.807, 2.05) is 0 Å². The van der Waals surface area contributed by atoms with Gasteiger partial charge in [-0.05, 0) is 18.6 Å². The first-order chi connectivity index (χ1) is 8.01. The van der Waals surface area contributed by atoms with Crippen molar-refractivity contribution >= 4 is 29.1 Å². The van der Waals surface area contributed by atoms with Crippen LogP contribution in [0.5, 0.6) is 0 Å². The number of rotatable bonds is 6. The Bertz CT molecular complexity index is 374. The summed E-state index contributed by atoms with van der Waals surface area (Å²) in [7, 11) is 0. The standard InChI is InChI=1S/C12H15Cl2NO2/c1-3-7-15(9-10-6-5-8-17-10)11(16)12(13,14)4-2/h3,5-6,8H,1,4,7,9H2,2H3. The van der Waals surface area contributed by atoms with Crippen molar-refractivity contribution in [1.82, 2.24) is 4.90 Å². The van der Waals surface area contributed by atoms with E-state index in [1.54, 1.807) is 31.4 Å². The predicted molar refractivity (Wildman–Crippen MR) is 69.1 cm³/mol. The number of hydrogen-bond acceptors (Lipinski definition) is 2. The topological polar surface area (TPSA) is 33.5 Å². The summed E-state index contributed by atoms with van der Waals surface area (Å²) < 4.78 is 3.80. The molecule has 3 nitrogen and oxygen atoms in total. The van der Waals surface area contributed by atoms with Gasteiger partial charge >= 0.3 is 0 Å². The quantitative estimate of drug-likeness (QED) is 0.589. The van der Waals surface area contributed by atoms with Gasteiger partial charge in [-0.2, -0.15) is 0 Å². The van der Waals surface area contributed by atoms with E-state index in [-0.39, 0.29) is 5.91 Å². The summed E-state index contributed by atoms with van der Waals surface area (Å²) >= 11 is 11.9. The Morgan fingerprint density at radius 3 is 2.82 bits per heavy atom. The molecule has 94 valence electrons. The number of carbonyl (C=O) groups is 1. The first-order valence-electron chi connectivity index (χ1n) is 5.31. The molecule has 1 rings (SSSR count). The Balaban J connectivity index is 2.78. The largest absolute Gasteiger partial charge is 0.467 e. The molecule has 0 saturated carbocycles. The molecular formula is C12H15Cl2NO2. The Labute approximate surface area is 111 Å². The normalized spacial score (nSPS) is 11.2. The lowest BCUT2D eigenvalue weighted by atomic mass is 10.2. The zero-order valence-corrected chi connectivity index (χ0v) is 11.2. The average molecular weight is 276 g/mol. The second kappa shape index (κ2) is 6.12. The Morgan fingerprint density at radius 2 is 2.35 bits per heavy atom. The van der Waals surface area contributed by atoms with Crippen molar-refractivity contribution in [3.05, 3.63) is 36.8 Å². The smallest absolute Gasteiger partial charge is 0.259 e. The van der Waals surface area contributed by atoms with Crippen LogP contribution in [0.1, 0.15) is 19.1 Å². The molecule has 0 aliphatic rings. The molecule has 1 aromatic heterocycles. The number of furan rings is 1. The highest BCUT2D eigenvalue weighted by Crippen LogP contribution is 2.28. The van der Waals surface area contributed by atoms with Gasteiger partial charge in [-0.3, -0.25) is 4.79 Å². The molecular weight excluding hydrogens is 261 g/mol. The van der Waals surface area contributed by atoms with E-state index in [9.17, 15) is 4.79 Å². The number of amides is 1. The first-order valence-corrected chi connectivity index (χ1v) is 6.07. The van der Waals surface area contributed by atoms with E-state index in [2.05, 4.69) is 6.58 Å². The Morgan fingerprint density at radius 1 is 1.65 bits per heavy atom. The van der Waals surface area contributed by atoms with Crippen molar-refractivity contribution in [2.45, 2.75) is 24.2 Å². The van der Waals surface area contributed by atoms with E-state index < -0.39 is 4.33 Å². The Hall–Kier alpha value is -0.930. The monoisotopic (exact) mass is 275 g/mol. The third kappa shape index (κ3) is 3.79. The van der Waals surface area contributed by atoms with Crippen LogP contribution in [0.2, 0.25) is 0 Å². The van der Waals surface area contributed by atoms with Gasteiger partial charge in [-0.1, -0.05) is 36.2 Å². The molecule has 1 heterocycles. The lowest BCUT2D eigenvalue weighted by molar-refractivity contribution is -0.132. The molecule has 0 saturated heterocycles. The average Bonchev–Trinajstić information content (AvgIpc) is 2.80. The fourth-order valence-corrected chi connectivity index (χ4v) is 1.59. The first kappa shape index (κ1) is 14.1. The maximum absolute atomic E-state index is 12.1. The van der Waals surface area contributed by atoms with Gasteiger partial charge in [0.05, 0.1) is 12.8 Å². The summed E-state index contributed by atoms with van der Waals surface area (Å²) in [5, 5.41) is 0. The lowest BCUT2D eigenvalue weighted by Gasteiger charge is -2.26. The van der Waals surface area contributed by atoms with E-state index in [0.29, 0.717) is 25.3 Å². The summed E-state index contributed by atoms with van der Waals surface area (Å²) in [4.78, 5) is 13.6. The van der Waals surface area contributed by atoms with Crippen molar-refractivity contribution in [3.63, 3.8) is 0 Å². The Kier molecular flexibility index (Phi) is 5.09. The van der Waals surface area contributed by atoms with Gasteiger partial charge in [-0.15, -0.1) is 6.58 Å². The van der Waals surface area contributed by atoms with Crippen LogP contribution in [0.15, 0.2) is 35.5 Å². The fourth-order valence-electron chi connectivity index (χ4n) is 1.35. The molecule has 0 fully saturated rings. The molecule has 0 radical (unpaired) electrons. The molecule has 0 unspecified atom stereocenters. The van der Waals surface area contributed by atoms with Gasteiger partial charge in [0, 0.05) is 6.54 Å². The maximum Gasteiger partial charge on any atom is 0.259 e. The lowest BCUT2D eigenvalue weighted by Crippen LogP contribution is -2.41. The highest BCUT2D eigenvalue weighted by atomic mass is 35.5. The minimum absolute atomic E-state index is 0.332. The van der Waals surface area contributed by atoms with Gasteiger partial charge in [0.15, 0.2) is 4.33 Å². The van der Waals surface area contributed by atoms with Gasteiger partial charge in [-0.25, -0.2) is 0 Å². The van der Waals surface area contributed by atoms with Crippen molar-refractivity contribution in [1.29, 1.82) is 0 Å². The van der Waals surface area contributed by atoms with E-state index >= 15 is 0 Å². The highest BCUT2D eigenvalue weighted by molar-refractivity contribution is 6.58. The summed E-state index contributed by atoms with van der Waals surface area (Å²) in [5.41, 5.74) is 0. The van der Waals surface area contributed by atoms with Gasteiger partial charge in [0.25, 0.3) is 5.91 Å². The van der Waals surface area contributed by atoms with Gasteiger partial charge in [0.1, 0.15) is 5.76 Å². The van der Waals surface area contributed by atoms with E-state index in [4.69, 9.17) is 27.6 Å². The van der Waals surface area contributed by atoms with Crippen molar-refractivity contribution in [2.75, 3.05) is 6.54 Å². The highest BCUT2D eigenvalue weighted by Gasteiger charge is 2.35. The molecule has 0 N–H and O–H groups in total. The number of halogens is 2. The van der Waals surface area contributed by atoms with Crippen LogP contribution in [0.25, 0.3) is 0 Å². The van der Waals surface area contributed by atoms with Crippen LogP contribution in [0.4, 0.5) is 0 Å². The maximum atomic E-state index is 12.1. The van der Waals surface area contributed by atoms with Gasteiger partial charge < -0.3 is 9.32 Å². The van der Waals surface area contributed by atoms with Crippen LogP contribution in [0.3, 0.4) is 0 Å². The minimum Gasteiger partial charge on any atom is -0.467 e.